The normalized spacial score (nSPS) is 11.6. The lowest BCUT2D eigenvalue weighted by Gasteiger charge is -2.13. The Balaban J connectivity index is 2.67. The summed E-state index contributed by atoms with van der Waals surface area (Å²) in [5.41, 5.74) is 0.482. The van der Waals surface area contributed by atoms with Gasteiger partial charge < -0.3 is 14.9 Å². The van der Waals surface area contributed by atoms with Crippen LogP contribution >= 0.6 is 0 Å². The van der Waals surface area contributed by atoms with Gasteiger partial charge in [-0.15, -0.1) is 0 Å². The van der Waals surface area contributed by atoms with Crippen molar-refractivity contribution in [1.82, 2.24) is 10.5 Å². The number of halogens is 2. The number of aliphatic hydroxyl groups is 1. The van der Waals surface area contributed by atoms with E-state index in [0.717, 1.165) is 0 Å². The zero-order chi connectivity index (χ0) is 12.3. The van der Waals surface area contributed by atoms with Crippen molar-refractivity contribution < 1.29 is 23.2 Å². The second-order valence-electron chi connectivity index (χ2n) is 3.40. The molecule has 16 heavy (non-hydrogen) atoms. The van der Waals surface area contributed by atoms with Gasteiger partial charge >= 0.3 is 0 Å². The average Bonchev–Trinajstić information content (AvgIpc) is 2.55. The van der Waals surface area contributed by atoms with Crippen molar-refractivity contribution in [3.05, 3.63) is 17.0 Å². The minimum atomic E-state index is -3.32. The van der Waals surface area contributed by atoms with Crippen LogP contribution < -0.4 is 5.32 Å². The number of carbonyl (C=O) groups is 1. The lowest BCUT2D eigenvalue weighted by Crippen LogP contribution is -2.39. The molecule has 2 N–H and O–H groups in total. The average molecular weight is 234 g/mol. The van der Waals surface area contributed by atoms with Gasteiger partial charge in [-0.25, -0.2) is 8.78 Å². The molecule has 90 valence electrons. The van der Waals surface area contributed by atoms with Crippen LogP contribution in [0, 0.1) is 13.8 Å². The molecule has 0 aromatic carbocycles. The number of amides is 1. The molecule has 0 atom stereocenters. The van der Waals surface area contributed by atoms with Gasteiger partial charge in [-0.05, 0) is 13.8 Å². The van der Waals surface area contributed by atoms with E-state index in [9.17, 15) is 13.6 Å². The first-order valence-corrected chi connectivity index (χ1v) is 4.57. The fraction of sp³-hybridized carbons (Fsp3) is 0.556. The van der Waals surface area contributed by atoms with Gasteiger partial charge in [0.05, 0.1) is 12.2 Å². The molecule has 1 heterocycles. The highest BCUT2D eigenvalue weighted by molar-refractivity contribution is 5.96. The lowest BCUT2D eigenvalue weighted by molar-refractivity contribution is -0.0462. The third kappa shape index (κ3) is 2.75. The molecule has 5 nitrogen and oxygen atoms in total. The molecular formula is C9H12F2N2O3. The molecule has 0 radical (unpaired) electrons. The first kappa shape index (κ1) is 12.6. The van der Waals surface area contributed by atoms with Gasteiger partial charge in [0, 0.05) is 0 Å². The van der Waals surface area contributed by atoms with E-state index in [2.05, 4.69) is 5.16 Å². The van der Waals surface area contributed by atoms with Gasteiger partial charge in [-0.2, -0.15) is 0 Å². The van der Waals surface area contributed by atoms with Crippen molar-refractivity contribution in [1.29, 1.82) is 0 Å². The Morgan fingerprint density at radius 1 is 1.56 bits per heavy atom. The highest BCUT2D eigenvalue weighted by Gasteiger charge is 2.29. The fourth-order valence-electron chi connectivity index (χ4n) is 1.16. The molecule has 1 aromatic rings. The van der Waals surface area contributed by atoms with Crippen molar-refractivity contribution in [3.8, 4) is 0 Å². The summed E-state index contributed by atoms with van der Waals surface area (Å²) in [5, 5.41) is 13.9. The Morgan fingerprint density at radius 2 is 2.19 bits per heavy atom. The number of hydrogen-bond acceptors (Lipinski definition) is 4. The molecule has 0 aliphatic heterocycles. The first-order valence-electron chi connectivity index (χ1n) is 4.57. The van der Waals surface area contributed by atoms with E-state index >= 15 is 0 Å². The predicted molar refractivity (Wildman–Crippen MR) is 50.3 cm³/mol. The van der Waals surface area contributed by atoms with E-state index in [1.165, 1.54) is 13.8 Å². The summed E-state index contributed by atoms with van der Waals surface area (Å²) < 4.78 is 30.0. The first-order chi connectivity index (χ1) is 7.37. The number of nitrogens with one attached hydrogen (secondary N) is 1. The molecule has 0 aliphatic carbocycles. The number of alkyl halides is 2. The van der Waals surface area contributed by atoms with Gasteiger partial charge in [0.1, 0.15) is 17.9 Å². The lowest BCUT2D eigenvalue weighted by atomic mass is 10.2. The maximum atomic E-state index is 12.7. The SMILES string of the molecule is Cc1noc(C)c1C(=O)NCC(F)(F)CO. The summed E-state index contributed by atoms with van der Waals surface area (Å²) in [6.45, 7) is 0.815. The molecule has 7 heteroatoms. The van der Waals surface area contributed by atoms with Crippen molar-refractivity contribution in [2.24, 2.45) is 0 Å². The molecule has 0 spiro atoms. The van der Waals surface area contributed by atoms with Gasteiger partial charge in [-0.3, -0.25) is 4.79 Å². The van der Waals surface area contributed by atoms with Crippen molar-refractivity contribution in [3.63, 3.8) is 0 Å². The van der Waals surface area contributed by atoms with Gasteiger partial charge in [0.25, 0.3) is 11.8 Å². The van der Waals surface area contributed by atoms with Gasteiger partial charge in [0.2, 0.25) is 0 Å². The van der Waals surface area contributed by atoms with E-state index < -0.39 is 25.0 Å². The molecule has 1 amide bonds. The number of aryl methyl sites for hydroxylation is 2. The highest BCUT2D eigenvalue weighted by atomic mass is 19.3. The quantitative estimate of drug-likeness (QED) is 0.802. The molecular weight excluding hydrogens is 222 g/mol. The summed E-state index contributed by atoms with van der Waals surface area (Å²) in [6, 6.07) is 0. The van der Waals surface area contributed by atoms with Crippen LogP contribution in [0.1, 0.15) is 21.8 Å². The summed E-state index contributed by atoms with van der Waals surface area (Å²) in [6.07, 6.45) is 0. The number of aliphatic hydroxyl groups excluding tert-OH is 1. The molecule has 0 aliphatic rings. The number of nitrogens with zero attached hydrogens (tertiary/aromatic N) is 1. The summed E-state index contributed by atoms with van der Waals surface area (Å²) >= 11 is 0. The Kier molecular flexibility index (Phi) is 3.58. The topological polar surface area (TPSA) is 75.4 Å². The minimum Gasteiger partial charge on any atom is -0.390 e. The molecule has 0 bridgehead atoms. The Bertz CT molecular complexity index is 371. The number of hydrogen-bond donors (Lipinski definition) is 2. The second-order valence-corrected chi connectivity index (χ2v) is 3.40. The molecule has 1 aromatic heterocycles. The van der Waals surface area contributed by atoms with Crippen LogP contribution in [0.25, 0.3) is 0 Å². The zero-order valence-corrected chi connectivity index (χ0v) is 8.88. The summed E-state index contributed by atoms with van der Waals surface area (Å²) in [7, 11) is 0. The van der Waals surface area contributed by atoms with Crippen LogP contribution in [0.5, 0.6) is 0 Å². The van der Waals surface area contributed by atoms with E-state index in [4.69, 9.17) is 9.63 Å². The predicted octanol–water partition coefficient (Wildman–Crippen LogP) is 0.649. The van der Waals surface area contributed by atoms with E-state index in [0.29, 0.717) is 5.69 Å². The van der Waals surface area contributed by atoms with Crippen LogP contribution in [0.4, 0.5) is 8.78 Å². The molecule has 0 unspecified atom stereocenters. The maximum Gasteiger partial charge on any atom is 0.287 e. The largest absolute Gasteiger partial charge is 0.390 e. The van der Waals surface area contributed by atoms with Crippen LogP contribution in [0.2, 0.25) is 0 Å². The van der Waals surface area contributed by atoms with Crippen molar-refractivity contribution >= 4 is 5.91 Å². The third-order valence-corrected chi connectivity index (χ3v) is 2.00. The van der Waals surface area contributed by atoms with E-state index in [1.54, 1.807) is 0 Å². The van der Waals surface area contributed by atoms with Crippen molar-refractivity contribution in [2.75, 3.05) is 13.2 Å². The summed E-state index contributed by atoms with van der Waals surface area (Å²) in [4.78, 5) is 11.5. The monoisotopic (exact) mass is 234 g/mol. The van der Waals surface area contributed by atoms with Crippen LogP contribution in [0.3, 0.4) is 0 Å². The molecule has 0 fully saturated rings. The molecule has 0 saturated carbocycles. The van der Waals surface area contributed by atoms with Gasteiger partial charge in [-0.1, -0.05) is 5.16 Å². The Labute approximate surface area is 90.4 Å². The number of carbonyl (C=O) groups excluding carboxylic acids is 1. The van der Waals surface area contributed by atoms with Crippen LogP contribution in [-0.2, 0) is 0 Å². The molecule has 1 rings (SSSR count). The minimum absolute atomic E-state index is 0.147. The van der Waals surface area contributed by atoms with Crippen molar-refractivity contribution in [2.45, 2.75) is 19.8 Å². The number of rotatable bonds is 4. The third-order valence-electron chi connectivity index (χ3n) is 2.00. The maximum absolute atomic E-state index is 12.7. The van der Waals surface area contributed by atoms with Crippen LogP contribution in [-0.4, -0.2) is 35.2 Å². The fourth-order valence-corrected chi connectivity index (χ4v) is 1.16. The van der Waals surface area contributed by atoms with Gasteiger partial charge in [0.15, 0.2) is 0 Å². The highest BCUT2D eigenvalue weighted by Crippen LogP contribution is 2.14. The summed E-state index contributed by atoms with van der Waals surface area (Å²) in [5.74, 6) is -3.75. The Morgan fingerprint density at radius 3 is 2.62 bits per heavy atom. The number of aromatic nitrogens is 1. The Hall–Kier alpha value is -1.50. The van der Waals surface area contributed by atoms with Crippen LogP contribution in [0.15, 0.2) is 4.52 Å². The van der Waals surface area contributed by atoms with E-state index in [1.807, 2.05) is 5.32 Å². The molecule has 0 saturated heterocycles. The zero-order valence-electron chi connectivity index (χ0n) is 8.88. The standard InChI is InChI=1S/C9H12F2N2O3/c1-5-7(6(2)16-13-5)8(15)12-3-9(10,11)4-14/h14H,3-4H2,1-2H3,(H,12,15). The second kappa shape index (κ2) is 4.56. The smallest absolute Gasteiger partial charge is 0.287 e. The van der Waals surface area contributed by atoms with E-state index in [-0.39, 0.29) is 11.3 Å².